The lowest BCUT2D eigenvalue weighted by Gasteiger charge is -2.09. The predicted molar refractivity (Wildman–Crippen MR) is 77.2 cm³/mol. The molecule has 0 aliphatic rings. The van der Waals surface area contributed by atoms with Gasteiger partial charge >= 0.3 is 5.76 Å². The Morgan fingerprint density at radius 1 is 1.50 bits per heavy atom. The highest BCUT2D eigenvalue weighted by molar-refractivity contribution is 9.10. The van der Waals surface area contributed by atoms with Gasteiger partial charge in [-0.05, 0) is 26.0 Å². The monoisotopic (exact) mass is 339 g/mol. The van der Waals surface area contributed by atoms with E-state index in [1.807, 2.05) is 26.0 Å². The van der Waals surface area contributed by atoms with E-state index in [9.17, 15) is 9.59 Å². The number of halogens is 1. The van der Waals surface area contributed by atoms with Gasteiger partial charge in [0.2, 0.25) is 5.91 Å². The lowest BCUT2D eigenvalue weighted by Crippen LogP contribution is -2.35. The molecule has 1 N–H and O–H groups in total. The van der Waals surface area contributed by atoms with Crippen LogP contribution < -0.4 is 11.1 Å². The molecule has 20 heavy (non-hydrogen) atoms. The number of carbonyl (C=O) groups is 1. The maximum Gasteiger partial charge on any atom is 0.442 e. The molecule has 0 spiro atoms. The minimum absolute atomic E-state index is 0.00684. The summed E-state index contributed by atoms with van der Waals surface area (Å²) in [5.41, 5.74) is 0.697. The van der Waals surface area contributed by atoms with Gasteiger partial charge < -0.3 is 5.32 Å². The first-order chi connectivity index (χ1) is 9.47. The molecule has 0 fully saturated rings. The Kier molecular flexibility index (Phi) is 4.39. The largest absolute Gasteiger partial charge is 0.442 e. The zero-order valence-electron chi connectivity index (χ0n) is 11.1. The normalized spacial score (nSPS) is 10.8. The molecule has 0 radical (unpaired) electrons. The summed E-state index contributed by atoms with van der Waals surface area (Å²) in [6.45, 7) is 3.58. The molecule has 0 atom stereocenters. The number of benzene rings is 1. The van der Waals surface area contributed by atoms with Crippen LogP contribution in [0.5, 0.6) is 0 Å². The third-order valence-corrected chi connectivity index (χ3v) is 3.01. The summed E-state index contributed by atoms with van der Waals surface area (Å²) >= 11 is 3.35. The van der Waals surface area contributed by atoms with Crippen LogP contribution in [0.15, 0.2) is 38.1 Å². The Hall–Kier alpha value is -1.89. The van der Waals surface area contributed by atoms with Gasteiger partial charge in [-0.1, -0.05) is 33.2 Å². The summed E-state index contributed by atoms with van der Waals surface area (Å²) in [5.74, 6) is -0.587. The van der Waals surface area contributed by atoms with Crippen molar-refractivity contribution in [3.8, 4) is 11.4 Å². The van der Waals surface area contributed by atoms with Gasteiger partial charge in [0.15, 0.2) is 5.82 Å². The molecule has 106 valence electrons. The molecule has 1 aromatic carbocycles. The summed E-state index contributed by atoms with van der Waals surface area (Å²) in [7, 11) is 0. The van der Waals surface area contributed by atoms with Crippen molar-refractivity contribution >= 4 is 21.8 Å². The SMILES string of the molecule is CC(C)NC(=O)Cn1c(-c2cccc(Br)c2)noc1=O. The number of rotatable bonds is 4. The molecule has 1 amide bonds. The van der Waals surface area contributed by atoms with E-state index in [1.165, 1.54) is 4.57 Å². The van der Waals surface area contributed by atoms with Crippen LogP contribution >= 0.6 is 15.9 Å². The second kappa shape index (κ2) is 6.04. The van der Waals surface area contributed by atoms with Gasteiger partial charge in [-0.3, -0.25) is 9.32 Å². The molecule has 6 nitrogen and oxygen atoms in total. The Morgan fingerprint density at radius 2 is 2.25 bits per heavy atom. The summed E-state index contributed by atoms with van der Waals surface area (Å²) in [6.07, 6.45) is 0. The fraction of sp³-hybridized carbons (Fsp3) is 0.308. The lowest BCUT2D eigenvalue weighted by atomic mass is 10.2. The first-order valence-corrected chi connectivity index (χ1v) is 6.88. The van der Waals surface area contributed by atoms with Crippen LogP contribution in [0.4, 0.5) is 0 Å². The third-order valence-electron chi connectivity index (χ3n) is 2.52. The number of hydrogen-bond acceptors (Lipinski definition) is 4. The average molecular weight is 340 g/mol. The number of nitrogens with one attached hydrogen (secondary N) is 1. The molecule has 2 rings (SSSR count). The number of hydrogen-bond donors (Lipinski definition) is 1. The van der Waals surface area contributed by atoms with Crippen molar-refractivity contribution in [2.75, 3.05) is 0 Å². The van der Waals surface area contributed by atoms with Crippen molar-refractivity contribution in [3.63, 3.8) is 0 Å². The van der Waals surface area contributed by atoms with Crippen LogP contribution in [-0.4, -0.2) is 21.7 Å². The first-order valence-electron chi connectivity index (χ1n) is 6.09. The summed E-state index contributed by atoms with van der Waals surface area (Å²) in [4.78, 5) is 23.4. The van der Waals surface area contributed by atoms with E-state index in [0.717, 1.165) is 4.47 Å². The molecule has 1 aromatic heterocycles. The quantitative estimate of drug-likeness (QED) is 0.921. The van der Waals surface area contributed by atoms with E-state index < -0.39 is 5.76 Å². The average Bonchev–Trinajstić information content (AvgIpc) is 2.70. The van der Waals surface area contributed by atoms with Crippen molar-refractivity contribution in [2.24, 2.45) is 0 Å². The zero-order valence-corrected chi connectivity index (χ0v) is 12.7. The Labute approximate surface area is 123 Å². The van der Waals surface area contributed by atoms with Crippen molar-refractivity contribution in [1.82, 2.24) is 15.0 Å². The molecule has 0 aliphatic carbocycles. The van der Waals surface area contributed by atoms with Crippen molar-refractivity contribution in [3.05, 3.63) is 39.3 Å². The van der Waals surface area contributed by atoms with Crippen LogP contribution in [0.2, 0.25) is 0 Å². The van der Waals surface area contributed by atoms with Crippen LogP contribution in [0, 0.1) is 0 Å². The summed E-state index contributed by atoms with van der Waals surface area (Å²) in [5, 5.41) is 6.45. The fourth-order valence-corrected chi connectivity index (χ4v) is 2.15. The topological polar surface area (TPSA) is 77.1 Å². The number of aromatic nitrogens is 2. The standard InChI is InChI=1S/C13H14BrN3O3/c1-8(2)15-11(18)7-17-12(16-20-13(17)19)9-4-3-5-10(14)6-9/h3-6,8H,7H2,1-2H3,(H,15,18). The molecule has 1 heterocycles. The maximum atomic E-state index is 11.8. The maximum absolute atomic E-state index is 11.8. The van der Waals surface area contributed by atoms with Crippen LogP contribution in [0.3, 0.4) is 0 Å². The molecular weight excluding hydrogens is 326 g/mol. The molecule has 0 bridgehead atoms. The summed E-state index contributed by atoms with van der Waals surface area (Å²) < 4.78 is 6.72. The highest BCUT2D eigenvalue weighted by atomic mass is 79.9. The highest BCUT2D eigenvalue weighted by Gasteiger charge is 2.16. The van der Waals surface area contributed by atoms with Gasteiger partial charge in [0.25, 0.3) is 0 Å². The molecular formula is C13H14BrN3O3. The van der Waals surface area contributed by atoms with E-state index in [-0.39, 0.29) is 18.5 Å². The van der Waals surface area contributed by atoms with Crippen molar-refractivity contribution in [1.29, 1.82) is 0 Å². The fourth-order valence-electron chi connectivity index (χ4n) is 1.75. The smallest absolute Gasteiger partial charge is 0.352 e. The molecule has 0 unspecified atom stereocenters. The van der Waals surface area contributed by atoms with Crippen LogP contribution in [0.25, 0.3) is 11.4 Å². The molecule has 0 saturated heterocycles. The predicted octanol–water partition coefficient (Wildman–Crippen LogP) is 1.79. The number of carbonyl (C=O) groups excluding carboxylic acids is 1. The third kappa shape index (κ3) is 3.36. The Morgan fingerprint density at radius 3 is 2.90 bits per heavy atom. The second-order valence-corrected chi connectivity index (χ2v) is 5.51. The van der Waals surface area contributed by atoms with Gasteiger partial charge in [0.05, 0.1) is 0 Å². The minimum atomic E-state index is -0.654. The van der Waals surface area contributed by atoms with E-state index in [0.29, 0.717) is 11.4 Å². The van der Waals surface area contributed by atoms with Crippen LogP contribution in [0.1, 0.15) is 13.8 Å². The van der Waals surface area contributed by atoms with Gasteiger partial charge in [-0.25, -0.2) is 9.36 Å². The van der Waals surface area contributed by atoms with Gasteiger partial charge in [-0.2, -0.15) is 0 Å². The van der Waals surface area contributed by atoms with E-state index in [2.05, 4.69) is 30.9 Å². The second-order valence-electron chi connectivity index (χ2n) is 4.59. The summed E-state index contributed by atoms with van der Waals surface area (Å²) in [6, 6.07) is 7.27. The van der Waals surface area contributed by atoms with Gasteiger partial charge in [0.1, 0.15) is 6.54 Å². The van der Waals surface area contributed by atoms with E-state index >= 15 is 0 Å². The van der Waals surface area contributed by atoms with Crippen LogP contribution in [-0.2, 0) is 11.3 Å². The van der Waals surface area contributed by atoms with Gasteiger partial charge in [0, 0.05) is 16.1 Å². The number of nitrogens with zero attached hydrogens (tertiary/aromatic N) is 2. The highest BCUT2D eigenvalue weighted by Crippen LogP contribution is 2.20. The zero-order chi connectivity index (χ0) is 14.7. The Balaban J connectivity index is 2.33. The van der Waals surface area contributed by atoms with E-state index in [4.69, 9.17) is 0 Å². The number of amides is 1. The first kappa shape index (κ1) is 14.5. The molecule has 7 heteroatoms. The molecule has 0 saturated carbocycles. The molecule has 0 aliphatic heterocycles. The van der Waals surface area contributed by atoms with Gasteiger partial charge in [-0.15, -0.1) is 0 Å². The van der Waals surface area contributed by atoms with Crippen molar-refractivity contribution < 1.29 is 9.32 Å². The molecule has 2 aromatic rings. The lowest BCUT2D eigenvalue weighted by molar-refractivity contribution is -0.122. The minimum Gasteiger partial charge on any atom is -0.352 e. The Bertz CT molecular complexity index is 675. The van der Waals surface area contributed by atoms with E-state index in [1.54, 1.807) is 12.1 Å². The van der Waals surface area contributed by atoms with Crippen molar-refractivity contribution in [2.45, 2.75) is 26.4 Å².